The first-order valence-corrected chi connectivity index (χ1v) is 30.5. The van der Waals surface area contributed by atoms with E-state index in [0.29, 0.717) is 18.6 Å². The molecule has 1 aromatic carbocycles. The Balaban J connectivity index is 2.80. The van der Waals surface area contributed by atoms with Crippen LogP contribution in [0.15, 0.2) is 24.3 Å². The molecule has 2 N–H and O–H groups in total. The molecule has 0 unspecified atom stereocenters. The van der Waals surface area contributed by atoms with Crippen LogP contribution in [-0.2, 0) is 59.1 Å². The van der Waals surface area contributed by atoms with Gasteiger partial charge in [0.2, 0.25) is 47.3 Å². The number of benzene rings is 1. The van der Waals surface area contributed by atoms with Crippen LogP contribution in [0.2, 0.25) is 0 Å². The number of hydrogen-bond donors (Lipinski definition) is 2. The fourth-order valence-corrected chi connectivity index (χ4v) is 11.1. The minimum absolute atomic E-state index is 0.0604. The number of methoxy groups -OCH3 is 1. The van der Waals surface area contributed by atoms with E-state index in [4.69, 9.17) is 9.47 Å². The minimum atomic E-state index is -1.21. The number of carbonyl (C=O) groups is 10. The zero-order chi connectivity index (χ0) is 65.2. The molecule has 0 saturated carbocycles. The Morgan fingerprint density at radius 1 is 0.647 bits per heavy atom. The Bertz CT molecular complexity index is 2410. The van der Waals surface area contributed by atoms with Crippen molar-refractivity contribution in [3.05, 3.63) is 29.8 Å². The standard InChI is InChI=1S/C63H108N10O12/c1-24-41(11)52-55(75)64-42(12)56(76)71(20)49(34-37(3)4)54(74)65-46(36-44-29-31-45(84-23)32-30-44)58(78)67(16)33-27-26-28-48(60(80)68(17)43(13)57(77)73(52)22)70(19)61(81)50(35-38(5)6)72(21)59(79)47(25-2)69(18)62(82)53(40(9)10)85-63(83)51(39(7)8)66(14)15/h29-32,37-43,46-53H,24-28,33-36H2,1-23H3,(H,64,75)(H,65,74)/t41-,42-,43-,46-,47-,48-,49-,50-,51-,52-,53+/m0/s1. The SMILES string of the molecule is CC[C@H](C)[C@H]1C(=O)N[C@@H](C)C(=O)N(C)[C@@H](CC(C)C)C(=O)N[C@@H](Cc2ccc(OC)cc2)C(=O)N(C)CCCC[C@H](N(C)C(=O)[C@H](CC(C)C)N(C)C(=O)[C@H](CC)N(C)C(=O)[C@H](OC(=O)[C@H](C(C)C)N(C)C)C(C)C)C(=O)N(C)[C@@H](C)C(=O)N1C. The third-order valence-corrected chi connectivity index (χ3v) is 16.8. The van der Waals surface area contributed by atoms with Crippen molar-refractivity contribution >= 4 is 59.1 Å². The van der Waals surface area contributed by atoms with Gasteiger partial charge in [0.25, 0.3) is 5.91 Å². The summed E-state index contributed by atoms with van der Waals surface area (Å²) >= 11 is 0. The molecular weight excluding hydrogens is 1090 g/mol. The molecule has 1 aliphatic heterocycles. The van der Waals surface area contributed by atoms with E-state index in [0.717, 1.165) is 5.56 Å². The van der Waals surface area contributed by atoms with Gasteiger partial charge in [-0.3, -0.25) is 52.8 Å². The first-order chi connectivity index (χ1) is 39.5. The molecule has 2 rings (SSSR count). The van der Waals surface area contributed by atoms with Crippen LogP contribution >= 0.6 is 0 Å². The van der Waals surface area contributed by atoms with E-state index in [1.807, 2.05) is 48.5 Å². The summed E-state index contributed by atoms with van der Waals surface area (Å²) in [5, 5.41) is 5.78. The van der Waals surface area contributed by atoms with Gasteiger partial charge in [0.05, 0.1) is 7.11 Å². The predicted octanol–water partition coefficient (Wildman–Crippen LogP) is 4.55. The predicted molar refractivity (Wildman–Crippen MR) is 328 cm³/mol. The lowest BCUT2D eigenvalue weighted by Crippen LogP contribution is -2.61. The van der Waals surface area contributed by atoms with Crippen LogP contribution in [-0.4, -0.2) is 236 Å². The normalized spacial score (nSPS) is 22.4. The van der Waals surface area contributed by atoms with Gasteiger partial charge in [0, 0.05) is 62.3 Å². The van der Waals surface area contributed by atoms with Crippen LogP contribution in [0.1, 0.15) is 141 Å². The summed E-state index contributed by atoms with van der Waals surface area (Å²) in [6.07, 6.45) is 0.590. The van der Waals surface area contributed by atoms with Gasteiger partial charge in [-0.25, -0.2) is 0 Å². The molecule has 0 spiro atoms. The molecular formula is C63H108N10O12. The monoisotopic (exact) mass is 1200 g/mol. The largest absolute Gasteiger partial charge is 0.497 e. The van der Waals surface area contributed by atoms with Gasteiger partial charge in [-0.05, 0) is 114 Å². The molecule has 0 aromatic heterocycles. The van der Waals surface area contributed by atoms with Crippen molar-refractivity contribution < 1.29 is 57.4 Å². The lowest BCUT2D eigenvalue weighted by molar-refractivity contribution is -0.169. The van der Waals surface area contributed by atoms with Gasteiger partial charge in [0.15, 0.2) is 6.10 Å². The Labute approximate surface area is 508 Å². The van der Waals surface area contributed by atoms with Gasteiger partial charge < -0.3 is 54.4 Å². The molecule has 9 amide bonds. The average Bonchev–Trinajstić information content (AvgIpc) is 3.49. The molecule has 1 fully saturated rings. The molecule has 1 aliphatic rings. The van der Waals surface area contributed by atoms with E-state index in [1.54, 1.807) is 85.1 Å². The van der Waals surface area contributed by atoms with Crippen molar-refractivity contribution in [3.8, 4) is 5.75 Å². The summed E-state index contributed by atoms with van der Waals surface area (Å²) < 4.78 is 11.3. The van der Waals surface area contributed by atoms with Crippen LogP contribution in [0.4, 0.5) is 0 Å². The highest BCUT2D eigenvalue weighted by Crippen LogP contribution is 2.25. The van der Waals surface area contributed by atoms with Crippen LogP contribution in [0.25, 0.3) is 0 Å². The summed E-state index contributed by atoms with van der Waals surface area (Å²) in [6, 6.07) is -2.48. The smallest absolute Gasteiger partial charge is 0.324 e. The second-order valence-electron chi connectivity index (χ2n) is 25.3. The van der Waals surface area contributed by atoms with Gasteiger partial charge in [0.1, 0.15) is 60.1 Å². The van der Waals surface area contributed by atoms with Crippen molar-refractivity contribution in [1.82, 2.24) is 49.8 Å². The summed E-state index contributed by atoms with van der Waals surface area (Å²) in [4.78, 5) is 157. The summed E-state index contributed by atoms with van der Waals surface area (Å²) in [5.41, 5.74) is 0.731. The van der Waals surface area contributed by atoms with E-state index in [9.17, 15) is 38.4 Å². The highest BCUT2D eigenvalue weighted by molar-refractivity contribution is 5.98. The van der Waals surface area contributed by atoms with Crippen molar-refractivity contribution in [2.75, 3.05) is 77.1 Å². The van der Waals surface area contributed by atoms with E-state index >= 15 is 9.59 Å². The third-order valence-electron chi connectivity index (χ3n) is 16.8. The number of nitrogens with one attached hydrogen (secondary N) is 2. The van der Waals surface area contributed by atoms with E-state index in [-0.39, 0.29) is 62.8 Å². The Hall–Kier alpha value is -6.32. The quantitative estimate of drug-likeness (QED) is 0.161. The maximum absolute atomic E-state index is 15.3. The van der Waals surface area contributed by atoms with Crippen LogP contribution < -0.4 is 15.4 Å². The molecule has 1 aromatic rings. The lowest BCUT2D eigenvalue weighted by atomic mass is 9.95. The number of amides is 9. The Morgan fingerprint density at radius 3 is 1.72 bits per heavy atom. The molecule has 11 atom stereocenters. The number of ether oxygens (including phenoxy) is 2. The number of hydrogen-bond acceptors (Lipinski definition) is 13. The molecule has 85 heavy (non-hydrogen) atoms. The van der Waals surface area contributed by atoms with Gasteiger partial charge in [-0.1, -0.05) is 94.7 Å². The van der Waals surface area contributed by atoms with E-state index in [2.05, 4.69) is 10.6 Å². The Morgan fingerprint density at radius 2 is 1.22 bits per heavy atom. The molecule has 22 nitrogen and oxygen atoms in total. The number of carbonyl (C=O) groups excluding carboxylic acids is 10. The first kappa shape index (κ1) is 74.8. The van der Waals surface area contributed by atoms with Crippen molar-refractivity contribution in [2.45, 2.75) is 202 Å². The highest BCUT2D eigenvalue weighted by Gasteiger charge is 2.44. The number of esters is 1. The van der Waals surface area contributed by atoms with E-state index in [1.165, 1.54) is 90.4 Å². The highest BCUT2D eigenvalue weighted by atomic mass is 16.6. The zero-order valence-corrected chi connectivity index (χ0v) is 55.8. The maximum atomic E-state index is 15.3. The molecule has 1 heterocycles. The number of nitrogens with zero attached hydrogens (tertiary/aromatic N) is 8. The van der Waals surface area contributed by atoms with Gasteiger partial charge in [-0.2, -0.15) is 0 Å². The van der Waals surface area contributed by atoms with Crippen molar-refractivity contribution in [2.24, 2.45) is 29.6 Å². The fourth-order valence-electron chi connectivity index (χ4n) is 11.1. The second-order valence-corrected chi connectivity index (χ2v) is 25.3. The van der Waals surface area contributed by atoms with E-state index < -0.39 is 131 Å². The van der Waals surface area contributed by atoms with Crippen LogP contribution in [0, 0.1) is 29.6 Å². The average molecular weight is 1200 g/mol. The topological polar surface area (TPSA) is 239 Å². The van der Waals surface area contributed by atoms with Crippen LogP contribution in [0.3, 0.4) is 0 Å². The van der Waals surface area contributed by atoms with Gasteiger partial charge in [-0.15, -0.1) is 0 Å². The fraction of sp³-hybridized carbons (Fsp3) is 0.746. The molecule has 1 saturated heterocycles. The third kappa shape index (κ3) is 20.1. The molecule has 482 valence electrons. The summed E-state index contributed by atoms with van der Waals surface area (Å²) in [7, 11) is 15.6. The molecule has 0 bridgehead atoms. The molecule has 0 aliphatic carbocycles. The van der Waals surface area contributed by atoms with Gasteiger partial charge >= 0.3 is 5.97 Å². The Kier molecular flexibility index (Phi) is 30.0. The molecule has 0 radical (unpaired) electrons. The van der Waals surface area contributed by atoms with Crippen molar-refractivity contribution in [3.63, 3.8) is 0 Å². The number of rotatable bonds is 21. The van der Waals surface area contributed by atoms with Crippen LogP contribution in [0.5, 0.6) is 5.75 Å². The number of likely N-dealkylation sites (N-methyl/N-ethyl adjacent to an activating group) is 8. The first-order valence-electron chi connectivity index (χ1n) is 30.5. The maximum Gasteiger partial charge on any atom is 0.324 e. The zero-order valence-electron chi connectivity index (χ0n) is 55.8. The molecule has 22 heteroatoms. The second kappa shape index (κ2) is 34.1. The van der Waals surface area contributed by atoms with Crippen molar-refractivity contribution in [1.29, 1.82) is 0 Å². The lowest BCUT2D eigenvalue weighted by Gasteiger charge is -2.40. The summed E-state index contributed by atoms with van der Waals surface area (Å²) in [5.74, 6) is -6.21. The minimum Gasteiger partial charge on any atom is -0.497 e. The summed E-state index contributed by atoms with van der Waals surface area (Å²) in [6.45, 7) is 23.5.